The van der Waals surface area contributed by atoms with Crippen molar-refractivity contribution in [3.8, 4) is 0 Å². The van der Waals surface area contributed by atoms with Gasteiger partial charge in [-0.1, -0.05) is 30.3 Å². The van der Waals surface area contributed by atoms with Crippen LogP contribution in [-0.2, 0) is 16.1 Å². The number of rotatable bonds is 3. The minimum Gasteiger partial charge on any atom is -0.466 e. The smallest absolute Gasteiger partial charge is 0.332 e. The van der Waals surface area contributed by atoms with Crippen LogP contribution in [0.1, 0.15) is 19.4 Å². The van der Waals surface area contributed by atoms with Gasteiger partial charge in [-0.2, -0.15) is 0 Å². The Kier molecular flexibility index (Phi) is 3.79. The van der Waals surface area contributed by atoms with Gasteiger partial charge in [0.1, 0.15) is 0 Å². The van der Waals surface area contributed by atoms with Crippen LogP contribution >= 0.6 is 0 Å². The van der Waals surface area contributed by atoms with Crippen molar-refractivity contribution in [1.29, 1.82) is 0 Å². The molecule has 0 bridgehead atoms. The molecular formula is C15H18N2O3. The van der Waals surface area contributed by atoms with Gasteiger partial charge in [-0.15, -0.1) is 0 Å². The molecule has 1 aliphatic rings. The molecular weight excluding hydrogens is 256 g/mol. The number of methoxy groups -OCH3 is 1. The van der Waals surface area contributed by atoms with E-state index in [1.165, 1.54) is 13.2 Å². The van der Waals surface area contributed by atoms with Crippen LogP contribution in [0.25, 0.3) is 0 Å². The van der Waals surface area contributed by atoms with Gasteiger partial charge in [-0.25, -0.2) is 9.59 Å². The van der Waals surface area contributed by atoms with E-state index >= 15 is 0 Å². The standard InChI is InChI=1S/C15H18N2O3/c1-15(2)12(9-13(18)20-3)17(14(19)16-15)10-11-7-5-4-6-8-11/h4-9H,10H2,1-3H3,(H,16,19)/b12-9-. The van der Waals surface area contributed by atoms with E-state index in [4.69, 9.17) is 0 Å². The average Bonchev–Trinajstić information content (AvgIpc) is 2.62. The lowest BCUT2D eigenvalue weighted by atomic mass is 10.0. The minimum absolute atomic E-state index is 0.214. The number of carbonyl (C=O) groups is 2. The number of hydrogen-bond donors (Lipinski definition) is 1. The summed E-state index contributed by atoms with van der Waals surface area (Å²) in [7, 11) is 1.32. The SMILES string of the molecule is COC(=O)/C=C1\N(Cc2ccccc2)C(=O)NC1(C)C. The largest absolute Gasteiger partial charge is 0.466 e. The molecule has 0 saturated carbocycles. The first-order chi connectivity index (χ1) is 9.44. The Morgan fingerprint density at radius 3 is 2.60 bits per heavy atom. The first-order valence-corrected chi connectivity index (χ1v) is 6.38. The van der Waals surface area contributed by atoms with Gasteiger partial charge < -0.3 is 10.1 Å². The molecule has 0 unspecified atom stereocenters. The van der Waals surface area contributed by atoms with Gasteiger partial charge in [0.25, 0.3) is 0 Å². The summed E-state index contributed by atoms with van der Waals surface area (Å²) in [5, 5.41) is 2.85. The molecule has 1 aromatic carbocycles. The van der Waals surface area contributed by atoms with Gasteiger partial charge in [0.15, 0.2) is 0 Å². The summed E-state index contributed by atoms with van der Waals surface area (Å²) in [6.45, 7) is 4.12. The molecule has 1 N–H and O–H groups in total. The molecule has 1 heterocycles. The number of benzene rings is 1. The number of ether oxygens (including phenoxy) is 1. The zero-order valence-electron chi connectivity index (χ0n) is 11.8. The predicted molar refractivity (Wildman–Crippen MR) is 74.7 cm³/mol. The number of amides is 2. The monoisotopic (exact) mass is 274 g/mol. The van der Waals surface area contributed by atoms with Gasteiger partial charge in [0.05, 0.1) is 24.9 Å². The average molecular weight is 274 g/mol. The zero-order chi connectivity index (χ0) is 14.8. The lowest BCUT2D eigenvalue weighted by Gasteiger charge is -2.22. The van der Waals surface area contributed by atoms with Crippen molar-refractivity contribution in [2.75, 3.05) is 7.11 Å². The number of nitrogens with one attached hydrogen (secondary N) is 1. The van der Waals surface area contributed by atoms with Crippen molar-refractivity contribution in [2.45, 2.75) is 25.9 Å². The Balaban J connectivity index is 2.31. The Hall–Kier alpha value is -2.30. The van der Waals surface area contributed by atoms with E-state index in [1.807, 2.05) is 44.2 Å². The van der Waals surface area contributed by atoms with Crippen LogP contribution in [0.3, 0.4) is 0 Å². The van der Waals surface area contributed by atoms with Crippen LogP contribution in [0.15, 0.2) is 42.1 Å². The second kappa shape index (κ2) is 5.36. The molecule has 1 fully saturated rings. The van der Waals surface area contributed by atoms with Crippen LogP contribution < -0.4 is 5.32 Å². The van der Waals surface area contributed by atoms with E-state index < -0.39 is 11.5 Å². The second-order valence-corrected chi connectivity index (χ2v) is 5.18. The highest BCUT2D eigenvalue weighted by atomic mass is 16.5. The number of nitrogens with zero attached hydrogens (tertiary/aromatic N) is 1. The molecule has 0 atom stereocenters. The highest BCUT2D eigenvalue weighted by molar-refractivity contribution is 5.88. The van der Waals surface area contributed by atoms with Crippen LogP contribution in [-0.4, -0.2) is 29.5 Å². The van der Waals surface area contributed by atoms with Crippen molar-refractivity contribution in [1.82, 2.24) is 10.2 Å². The molecule has 20 heavy (non-hydrogen) atoms. The van der Waals surface area contributed by atoms with Crippen molar-refractivity contribution in [3.05, 3.63) is 47.7 Å². The molecule has 2 rings (SSSR count). The molecule has 0 aliphatic carbocycles. The molecule has 2 amide bonds. The van der Waals surface area contributed by atoms with Gasteiger partial charge in [-0.3, -0.25) is 4.90 Å². The third-order valence-corrected chi connectivity index (χ3v) is 3.23. The lowest BCUT2D eigenvalue weighted by molar-refractivity contribution is -0.135. The van der Waals surface area contributed by atoms with E-state index in [-0.39, 0.29) is 6.03 Å². The topological polar surface area (TPSA) is 58.6 Å². The molecule has 1 aromatic rings. The van der Waals surface area contributed by atoms with Gasteiger partial charge in [0.2, 0.25) is 0 Å². The van der Waals surface area contributed by atoms with Gasteiger partial charge >= 0.3 is 12.0 Å². The fourth-order valence-electron chi connectivity index (χ4n) is 2.20. The van der Waals surface area contributed by atoms with Crippen LogP contribution in [0.4, 0.5) is 4.79 Å². The predicted octanol–water partition coefficient (Wildman–Crippen LogP) is 2.05. The van der Waals surface area contributed by atoms with Crippen molar-refractivity contribution in [3.63, 3.8) is 0 Å². The van der Waals surface area contributed by atoms with Crippen LogP contribution in [0, 0.1) is 0 Å². The molecule has 1 aliphatic heterocycles. The van der Waals surface area contributed by atoms with E-state index in [0.29, 0.717) is 12.2 Å². The van der Waals surface area contributed by atoms with Crippen molar-refractivity contribution >= 4 is 12.0 Å². The normalized spacial score (nSPS) is 19.1. The Bertz CT molecular complexity index is 549. The maximum absolute atomic E-state index is 12.1. The van der Waals surface area contributed by atoms with E-state index in [1.54, 1.807) is 4.90 Å². The second-order valence-electron chi connectivity index (χ2n) is 5.18. The Morgan fingerprint density at radius 1 is 1.35 bits per heavy atom. The molecule has 0 radical (unpaired) electrons. The molecule has 106 valence electrons. The summed E-state index contributed by atoms with van der Waals surface area (Å²) in [6.07, 6.45) is 1.36. The van der Waals surface area contributed by atoms with E-state index in [0.717, 1.165) is 5.56 Å². The van der Waals surface area contributed by atoms with Crippen LogP contribution in [0.2, 0.25) is 0 Å². The Labute approximate surface area is 118 Å². The summed E-state index contributed by atoms with van der Waals surface area (Å²) in [5.74, 6) is -0.470. The van der Waals surface area contributed by atoms with Gasteiger partial charge in [-0.05, 0) is 19.4 Å². The minimum atomic E-state index is -0.597. The zero-order valence-corrected chi connectivity index (χ0v) is 11.8. The quantitative estimate of drug-likeness (QED) is 0.678. The first-order valence-electron chi connectivity index (χ1n) is 6.38. The molecule has 5 heteroatoms. The summed E-state index contributed by atoms with van der Waals surface area (Å²) in [5.41, 5.74) is 1.01. The summed E-state index contributed by atoms with van der Waals surface area (Å²) < 4.78 is 4.66. The summed E-state index contributed by atoms with van der Waals surface area (Å²) >= 11 is 0. The Morgan fingerprint density at radius 2 is 2.00 bits per heavy atom. The maximum atomic E-state index is 12.1. The molecule has 1 saturated heterocycles. The highest BCUT2D eigenvalue weighted by Gasteiger charge is 2.40. The van der Waals surface area contributed by atoms with Crippen LogP contribution in [0.5, 0.6) is 0 Å². The fraction of sp³-hybridized carbons (Fsp3) is 0.333. The molecule has 0 spiro atoms. The van der Waals surface area contributed by atoms with Crippen molar-refractivity contribution < 1.29 is 14.3 Å². The fourth-order valence-corrected chi connectivity index (χ4v) is 2.20. The van der Waals surface area contributed by atoms with E-state index in [9.17, 15) is 9.59 Å². The third-order valence-electron chi connectivity index (χ3n) is 3.23. The highest BCUT2D eigenvalue weighted by Crippen LogP contribution is 2.28. The molecule has 0 aromatic heterocycles. The first kappa shape index (κ1) is 14.1. The van der Waals surface area contributed by atoms with Crippen molar-refractivity contribution in [2.24, 2.45) is 0 Å². The number of hydrogen-bond acceptors (Lipinski definition) is 3. The van der Waals surface area contributed by atoms with E-state index in [2.05, 4.69) is 10.1 Å². The number of urea groups is 1. The van der Waals surface area contributed by atoms with Gasteiger partial charge in [0, 0.05) is 6.08 Å². The molecule has 5 nitrogen and oxygen atoms in total. The third kappa shape index (κ3) is 2.82. The summed E-state index contributed by atoms with van der Waals surface area (Å²) in [6, 6.07) is 9.41. The number of carbonyl (C=O) groups excluding carboxylic acids is 2. The lowest BCUT2D eigenvalue weighted by Crippen LogP contribution is -2.35. The number of esters is 1. The maximum Gasteiger partial charge on any atom is 0.332 e. The summed E-state index contributed by atoms with van der Waals surface area (Å²) in [4.78, 5) is 25.2.